The number of aliphatic hydroxyl groups excluding tert-OH is 1. The number of ether oxygens (including phenoxy) is 1. The van der Waals surface area contributed by atoms with Crippen molar-refractivity contribution >= 4 is 11.7 Å². The van der Waals surface area contributed by atoms with Crippen molar-refractivity contribution in [2.24, 2.45) is 0 Å². The van der Waals surface area contributed by atoms with Gasteiger partial charge >= 0.3 is 12.2 Å². The van der Waals surface area contributed by atoms with Crippen LogP contribution >= 0.6 is 0 Å². The molecule has 0 spiro atoms. The Labute approximate surface area is 142 Å². The number of carbonyl (C=O) groups is 1. The lowest BCUT2D eigenvalue weighted by atomic mass is 10.1. The molecule has 0 aliphatic carbocycles. The highest BCUT2D eigenvalue weighted by Gasteiger charge is 2.29. The first kappa shape index (κ1) is 18.6. The van der Waals surface area contributed by atoms with E-state index < -0.39 is 23.9 Å². The van der Waals surface area contributed by atoms with E-state index >= 15 is 0 Å². The van der Waals surface area contributed by atoms with Crippen LogP contribution in [0.4, 0.5) is 23.7 Å². The van der Waals surface area contributed by atoms with Gasteiger partial charge in [0.1, 0.15) is 5.75 Å². The van der Waals surface area contributed by atoms with E-state index in [0.29, 0.717) is 11.3 Å². The monoisotopic (exact) mass is 354 g/mol. The van der Waals surface area contributed by atoms with Crippen molar-refractivity contribution in [2.75, 3.05) is 19.0 Å². The molecule has 0 aliphatic rings. The molecule has 0 heterocycles. The van der Waals surface area contributed by atoms with E-state index in [-0.39, 0.29) is 12.2 Å². The second kappa shape index (κ2) is 7.89. The zero-order valence-corrected chi connectivity index (χ0v) is 13.3. The van der Waals surface area contributed by atoms with Gasteiger partial charge in [-0.2, -0.15) is 13.2 Å². The maximum atomic E-state index is 12.5. The molecule has 1 atom stereocenters. The fourth-order valence-electron chi connectivity index (χ4n) is 2.05. The van der Waals surface area contributed by atoms with Gasteiger partial charge in [-0.1, -0.05) is 12.1 Å². The number of carbonyl (C=O) groups excluding carboxylic acids is 1. The maximum absolute atomic E-state index is 12.5. The zero-order chi connectivity index (χ0) is 18.4. The van der Waals surface area contributed by atoms with Gasteiger partial charge in [0.05, 0.1) is 18.8 Å². The Morgan fingerprint density at radius 2 is 1.72 bits per heavy atom. The number of hydrogen-bond donors (Lipinski definition) is 3. The van der Waals surface area contributed by atoms with Crippen molar-refractivity contribution in [3.8, 4) is 5.75 Å². The highest BCUT2D eigenvalue weighted by molar-refractivity contribution is 5.89. The second-order valence-corrected chi connectivity index (χ2v) is 5.20. The number of benzene rings is 2. The summed E-state index contributed by atoms with van der Waals surface area (Å²) in [4.78, 5) is 11.8. The maximum Gasteiger partial charge on any atom is 0.416 e. The van der Waals surface area contributed by atoms with E-state index in [9.17, 15) is 23.1 Å². The van der Waals surface area contributed by atoms with E-state index in [1.807, 2.05) is 0 Å². The highest BCUT2D eigenvalue weighted by Crippen LogP contribution is 2.29. The van der Waals surface area contributed by atoms with Crippen molar-refractivity contribution in [3.63, 3.8) is 0 Å². The molecule has 0 saturated heterocycles. The minimum absolute atomic E-state index is 0.0567. The van der Waals surface area contributed by atoms with Crippen LogP contribution in [-0.2, 0) is 6.18 Å². The van der Waals surface area contributed by atoms with Gasteiger partial charge < -0.3 is 20.5 Å². The van der Waals surface area contributed by atoms with Crippen LogP contribution in [0.3, 0.4) is 0 Å². The zero-order valence-electron chi connectivity index (χ0n) is 13.3. The Morgan fingerprint density at radius 1 is 1.12 bits per heavy atom. The average molecular weight is 354 g/mol. The van der Waals surface area contributed by atoms with Crippen molar-refractivity contribution in [3.05, 3.63) is 59.7 Å². The lowest BCUT2D eigenvalue weighted by molar-refractivity contribution is -0.137. The number of halogens is 3. The molecule has 5 nitrogen and oxygen atoms in total. The van der Waals surface area contributed by atoms with Crippen LogP contribution in [0.25, 0.3) is 0 Å². The first-order valence-electron chi connectivity index (χ1n) is 7.33. The van der Waals surface area contributed by atoms with E-state index in [0.717, 1.165) is 24.3 Å². The van der Waals surface area contributed by atoms with Gasteiger partial charge in [0, 0.05) is 12.2 Å². The van der Waals surface area contributed by atoms with Gasteiger partial charge in [-0.3, -0.25) is 0 Å². The van der Waals surface area contributed by atoms with Crippen LogP contribution < -0.4 is 15.4 Å². The fraction of sp³-hybridized carbons (Fsp3) is 0.235. The Hall–Kier alpha value is -2.74. The molecule has 25 heavy (non-hydrogen) atoms. The van der Waals surface area contributed by atoms with Crippen molar-refractivity contribution in [1.82, 2.24) is 5.32 Å². The predicted octanol–water partition coefficient (Wildman–Crippen LogP) is 3.57. The molecular weight excluding hydrogens is 337 g/mol. The molecule has 2 rings (SSSR count). The molecule has 3 N–H and O–H groups in total. The molecule has 2 aromatic carbocycles. The summed E-state index contributed by atoms with van der Waals surface area (Å²) in [5.41, 5.74) is 0.00783. The van der Waals surface area contributed by atoms with Crippen LogP contribution in [0, 0.1) is 0 Å². The molecule has 0 radical (unpaired) electrons. The molecule has 1 unspecified atom stereocenters. The summed E-state index contributed by atoms with van der Waals surface area (Å²) in [6, 6.07) is 10.1. The Morgan fingerprint density at radius 3 is 2.24 bits per heavy atom. The number of alkyl halides is 3. The van der Waals surface area contributed by atoms with Gasteiger partial charge in [0.25, 0.3) is 0 Å². The van der Waals surface area contributed by atoms with Gasteiger partial charge in [-0.25, -0.2) is 4.79 Å². The first-order chi connectivity index (χ1) is 11.8. The molecule has 2 amide bonds. The van der Waals surface area contributed by atoms with Gasteiger partial charge in [-0.15, -0.1) is 0 Å². The number of methoxy groups -OCH3 is 1. The molecular formula is C17H17F3N2O3. The van der Waals surface area contributed by atoms with Crippen molar-refractivity contribution < 1.29 is 27.8 Å². The third-order valence-electron chi connectivity index (χ3n) is 3.43. The van der Waals surface area contributed by atoms with Crippen LogP contribution in [0.5, 0.6) is 5.75 Å². The lowest BCUT2D eigenvalue weighted by Gasteiger charge is -2.14. The smallest absolute Gasteiger partial charge is 0.416 e. The van der Waals surface area contributed by atoms with Gasteiger partial charge in [-0.05, 0) is 42.0 Å². The van der Waals surface area contributed by atoms with Crippen LogP contribution in [0.2, 0.25) is 0 Å². The Kier molecular flexibility index (Phi) is 5.87. The van der Waals surface area contributed by atoms with Crippen LogP contribution in [0.1, 0.15) is 17.2 Å². The number of amides is 2. The summed E-state index contributed by atoms with van der Waals surface area (Å²) in [7, 11) is 1.53. The van der Waals surface area contributed by atoms with E-state index in [1.54, 1.807) is 24.3 Å². The molecule has 2 aromatic rings. The van der Waals surface area contributed by atoms with E-state index in [4.69, 9.17) is 4.74 Å². The van der Waals surface area contributed by atoms with Crippen molar-refractivity contribution in [1.29, 1.82) is 0 Å². The third-order valence-corrected chi connectivity index (χ3v) is 3.43. The number of nitrogens with one attached hydrogen (secondary N) is 2. The first-order valence-corrected chi connectivity index (χ1v) is 7.33. The quantitative estimate of drug-likeness (QED) is 0.769. The Bertz CT molecular complexity index is 701. The van der Waals surface area contributed by atoms with Gasteiger partial charge in [0.15, 0.2) is 0 Å². The number of urea groups is 1. The summed E-state index contributed by atoms with van der Waals surface area (Å²) in [5.74, 6) is 0.643. The lowest BCUT2D eigenvalue weighted by Crippen LogP contribution is -2.32. The topological polar surface area (TPSA) is 70.6 Å². The SMILES string of the molecule is COc1ccc(C(O)CNC(=O)Nc2ccc(C(F)(F)F)cc2)cc1. The highest BCUT2D eigenvalue weighted by atomic mass is 19.4. The molecule has 0 aromatic heterocycles. The minimum Gasteiger partial charge on any atom is -0.497 e. The Balaban J connectivity index is 1.85. The predicted molar refractivity (Wildman–Crippen MR) is 86.4 cm³/mol. The molecule has 0 fully saturated rings. The summed E-state index contributed by atoms with van der Waals surface area (Å²) < 4.78 is 42.4. The molecule has 0 saturated carbocycles. The average Bonchev–Trinajstić information content (AvgIpc) is 2.59. The fourth-order valence-corrected chi connectivity index (χ4v) is 2.05. The standard InChI is InChI=1S/C17H17F3N2O3/c1-25-14-8-2-11(3-9-14)15(23)10-21-16(24)22-13-6-4-12(5-7-13)17(18,19)20/h2-9,15,23H,10H2,1H3,(H2,21,22,24). The summed E-state index contributed by atoms with van der Waals surface area (Å²) in [6.45, 7) is -0.0567. The number of rotatable bonds is 5. The number of aliphatic hydroxyl groups is 1. The molecule has 0 bridgehead atoms. The summed E-state index contributed by atoms with van der Waals surface area (Å²) >= 11 is 0. The molecule has 0 aliphatic heterocycles. The summed E-state index contributed by atoms with van der Waals surface area (Å²) in [6.07, 6.45) is -5.35. The molecule has 8 heteroatoms. The third kappa shape index (κ3) is 5.39. The number of hydrogen-bond acceptors (Lipinski definition) is 3. The molecule has 134 valence electrons. The van der Waals surface area contributed by atoms with E-state index in [1.165, 1.54) is 7.11 Å². The number of anilines is 1. The summed E-state index contributed by atoms with van der Waals surface area (Å²) in [5, 5.41) is 14.9. The van der Waals surface area contributed by atoms with Gasteiger partial charge in [0.2, 0.25) is 0 Å². The minimum atomic E-state index is -4.43. The largest absolute Gasteiger partial charge is 0.497 e. The van der Waals surface area contributed by atoms with Crippen LogP contribution in [-0.4, -0.2) is 24.8 Å². The second-order valence-electron chi connectivity index (χ2n) is 5.20. The van der Waals surface area contributed by atoms with E-state index in [2.05, 4.69) is 10.6 Å². The normalized spacial score (nSPS) is 12.4. The van der Waals surface area contributed by atoms with Crippen LogP contribution in [0.15, 0.2) is 48.5 Å². The van der Waals surface area contributed by atoms with Crippen molar-refractivity contribution in [2.45, 2.75) is 12.3 Å².